The molecule has 2 N–H and O–H groups in total. The van der Waals surface area contributed by atoms with Crippen LogP contribution in [0.25, 0.3) is 0 Å². The van der Waals surface area contributed by atoms with Crippen LogP contribution in [0.3, 0.4) is 0 Å². The summed E-state index contributed by atoms with van der Waals surface area (Å²) in [5.41, 5.74) is 0.128. The van der Waals surface area contributed by atoms with Crippen molar-refractivity contribution in [3.8, 4) is 0 Å². The summed E-state index contributed by atoms with van der Waals surface area (Å²) in [5, 5.41) is 8.81. The smallest absolute Gasteiger partial charge is 0.234 e. The lowest BCUT2D eigenvalue weighted by molar-refractivity contribution is -0.121. The lowest BCUT2D eigenvalue weighted by atomic mass is 9.79. The van der Waals surface area contributed by atoms with Crippen molar-refractivity contribution in [3.63, 3.8) is 0 Å². The molecule has 0 spiro atoms. The van der Waals surface area contributed by atoms with Crippen molar-refractivity contribution in [1.82, 2.24) is 15.5 Å². The minimum absolute atomic E-state index is 0.107. The quantitative estimate of drug-likeness (QED) is 0.712. The van der Waals surface area contributed by atoms with Crippen molar-refractivity contribution in [2.75, 3.05) is 39.4 Å². The molecular formula is C21H35N3O2S. The number of hydrogen-bond donors (Lipinski definition) is 2. The zero-order valence-corrected chi connectivity index (χ0v) is 17.7. The normalized spacial score (nSPS) is 21.9. The van der Waals surface area contributed by atoms with Gasteiger partial charge in [-0.15, -0.1) is 11.3 Å². The van der Waals surface area contributed by atoms with E-state index >= 15 is 0 Å². The van der Waals surface area contributed by atoms with Gasteiger partial charge in [0.1, 0.15) is 0 Å². The highest BCUT2D eigenvalue weighted by Crippen LogP contribution is 2.34. The summed E-state index contributed by atoms with van der Waals surface area (Å²) in [5.74, 6) is 0.560. The van der Waals surface area contributed by atoms with Crippen molar-refractivity contribution < 1.29 is 9.53 Å². The number of amides is 1. The second-order valence-electron chi connectivity index (χ2n) is 8.28. The number of thiophene rings is 1. The van der Waals surface area contributed by atoms with Crippen LogP contribution in [0.1, 0.15) is 56.9 Å². The molecule has 1 amide bonds. The molecule has 2 aliphatic rings. The fourth-order valence-electron chi connectivity index (χ4n) is 4.51. The van der Waals surface area contributed by atoms with Crippen LogP contribution in [-0.2, 0) is 9.53 Å². The molecule has 27 heavy (non-hydrogen) atoms. The van der Waals surface area contributed by atoms with Crippen molar-refractivity contribution in [2.24, 2.45) is 5.92 Å². The fourth-order valence-corrected chi connectivity index (χ4v) is 5.49. The third-order valence-electron chi connectivity index (χ3n) is 6.08. The zero-order valence-electron chi connectivity index (χ0n) is 16.8. The molecule has 1 aliphatic carbocycles. The van der Waals surface area contributed by atoms with Gasteiger partial charge >= 0.3 is 0 Å². The summed E-state index contributed by atoms with van der Waals surface area (Å²) in [6.07, 6.45) is 6.21. The van der Waals surface area contributed by atoms with Gasteiger partial charge in [-0.25, -0.2) is 0 Å². The third-order valence-corrected chi connectivity index (χ3v) is 7.04. The first-order chi connectivity index (χ1) is 13.1. The third kappa shape index (κ3) is 5.53. The number of ether oxygens (including phenoxy) is 1. The van der Waals surface area contributed by atoms with Crippen LogP contribution < -0.4 is 10.6 Å². The largest absolute Gasteiger partial charge is 0.379 e. The molecule has 1 aromatic heterocycles. The Morgan fingerprint density at radius 3 is 2.63 bits per heavy atom. The van der Waals surface area contributed by atoms with E-state index in [9.17, 15) is 4.79 Å². The number of hydrogen-bond acceptors (Lipinski definition) is 5. The van der Waals surface area contributed by atoms with Crippen molar-refractivity contribution in [3.05, 3.63) is 22.4 Å². The van der Waals surface area contributed by atoms with Crippen LogP contribution in [0.15, 0.2) is 17.5 Å². The van der Waals surface area contributed by atoms with E-state index in [0.717, 1.165) is 32.8 Å². The Morgan fingerprint density at radius 1 is 1.26 bits per heavy atom. The summed E-state index contributed by atoms with van der Waals surface area (Å²) < 4.78 is 5.55. The van der Waals surface area contributed by atoms with E-state index in [1.807, 2.05) is 0 Å². The van der Waals surface area contributed by atoms with E-state index in [2.05, 4.69) is 46.9 Å². The maximum atomic E-state index is 12.6. The first-order valence-electron chi connectivity index (χ1n) is 10.5. The first kappa shape index (κ1) is 20.8. The molecule has 1 saturated carbocycles. The standard InChI is InChI=1S/C21H35N3O2S/c1-17(2)20(18-7-6-14-27-18)22-15-19(25)23-16-21(8-4-3-5-9-21)24-10-12-26-13-11-24/h6-7,14,17,20,22H,3-5,8-13,15-16H2,1-2H3,(H,23,25). The first-order valence-corrected chi connectivity index (χ1v) is 11.3. The molecule has 1 atom stereocenters. The second kappa shape index (κ2) is 10.0. The topological polar surface area (TPSA) is 53.6 Å². The summed E-state index contributed by atoms with van der Waals surface area (Å²) >= 11 is 1.75. The summed E-state index contributed by atoms with van der Waals surface area (Å²) in [6, 6.07) is 4.46. The van der Waals surface area contributed by atoms with Gasteiger partial charge in [0.15, 0.2) is 0 Å². The highest BCUT2D eigenvalue weighted by molar-refractivity contribution is 7.10. The van der Waals surface area contributed by atoms with Gasteiger partial charge in [0.25, 0.3) is 0 Å². The van der Waals surface area contributed by atoms with Gasteiger partial charge in [-0.2, -0.15) is 0 Å². The summed E-state index contributed by atoms with van der Waals surface area (Å²) in [4.78, 5) is 16.5. The van der Waals surface area contributed by atoms with Crippen LogP contribution in [0.4, 0.5) is 0 Å². The Hall–Kier alpha value is -0.950. The number of nitrogens with one attached hydrogen (secondary N) is 2. The number of nitrogens with zero attached hydrogens (tertiary/aromatic N) is 1. The van der Waals surface area contributed by atoms with E-state index in [-0.39, 0.29) is 17.5 Å². The Morgan fingerprint density at radius 2 is 2.00 bits per heavy atom. The van der Waals surface area contributed by atoms with Crippen LogP contribution in [-0.4, -0.2) is 55.7 Å². The molecule has 0 aromatic carbocycles. The van der Waals surface area contributed by atoms with Gasteiger partial charge in [-0.3, -0.25) is 9.69 Å². The predicted octanol–water partition coefficient (Wildman–Crippen LogP) is 3.19. The minimum atomic E-state index is 0.107. The van der Waals surface area contributed by atoms with Gasteiger partial charge in [0.05, 0.1) is 19.8 Å². The average Bonchev–Trinajstić information content (AvgIpc) is 3.22. The summed E-state index contributed by atoms with van der Waals surface area (Å²) in [6.45, 7) is 9.14. The van der Waals surface area contributed by atoms with E-state index in [4.69, 9.17) is 4.74 Å². The summed E-state index contributed by atoms with van der Waals surface area (Å²) in [7, 11) is 0. The number of morpholine rings is 1. The van der Waals surface area contributed by atoms with Crippen LogP contribution >= 0.6 is 11.3 Å². The van der Waals surface area contributed by atoms with Crippen molar-refractivity contribution >= 4 is 17.2 Å². The van der Waals surface area contributed by atoms with Crippen molar-refractivity contribution in [1.29, 1.82) is 0 Å². The molecular weight excluding hydrogens is 358 g/mol. The number of rotatable bonds is 8. The fraction of sp³-hybridized carbons (Fsp3) is 0.762. The Labute approximate surface area is 167 Å². The van der Waals surface area contributed by atoms with Crippen LogP contribution in [0.2, 0.25) is 0 Å². The van der Waals surface area contributed by atoms with E-state index < -0.39 is 0 Å². The maximum absolute atomic E-state index is 12.6. The van der Waals surface area contributed by atoms with E-state index in [0.29, 0.717) is 12.5 Å². The average molecular weight is 394 g/mol. The molecule has 3 rings (SSSR count). The van der Waals surface area contributed by atoms with Gasteiger partial charge in [0.2, 0.25) is 5.91 Å². The zero-order chi connectivity index (χ0) is 19.1. The van der Waals surface area contributed by atoms with Gasteiger partial charge < -0.3 is 15.4 Å². The number of carbonyl (C=O) groups excluding carboxylic acids is 1. The molecule has 1 saturated heterocycles. The molecule has 5 nitrogen and oxygen atoms in total. The molecule has 1 unspecified atom stereocenters. The maximum Gasteiger partial charge on any atom is 0.234 e. The molecule has 0 bridgehead atoms. The lowest BCUT2D eigenvalue weighted by Gasteiger charge is -2.48. The molecule has 2 fully saturated rings. The molecule has 152 valence electrons. The number of carbonyl (C=O) groups is 1. The molecule has 2 heterocycles. The Balaban J connectivity index is 1.53. The predicted molar refractivity (Wildman–Crippen MR) is 111 cm³/mol. The molecule has 6 heteroatoms. The van der Waals surface area contributed by atoms with Crippen molar-refractivity contribution in [2.45, 2.75) is 57.5 Å². The molecule has 0 radical (unpaired) electrons. The van der Waals surface area contributed by atoms with Gasteiger partial charge in [-0.1, -0.05) is 39.2 Å². The molecule has 1 aliphatic heterocycles. The van der Waals surface area contributed by atoms with Gasteiger partial charge in [0, 0.05) is 36.1 Å². The highest BCUT2D eigenvalue weighted by Gasteiger charge is 2.38. The second-order valence-corrected chi connectivity index (χ2v) is 9.26. The van der Waals surface area contributed by atoms with Crippen LogP contribution in [0, 0.1) is 5.92 Å². The highest BCUT2D eigenvalue weighted by atomic mass is 32.1. The Bertz CT molecular complexity index is 564. The van der Waals surface area contributed by atoms with E-state index in [1.54, 1.807) is 11.3 Å². The van der Waals surface area contributed by atoms with Crippen LogP contribution in [0.5, 0.6) is 0 Å². The van der Waals surface area contributed by atoms with Gasteiger partial charge in [-0.05, 0) is 30.2 Å². The lowest BCUT2D eigenvalue weighted by Crippen LogP contribution is -2.60. The molecule has 1 aromatic rings. The SMILES string of the molecule is CC(C)C(NCC(=O)NCC1(N2CCOCC2)CCCCC1)c1cccs1. The monoisotopic (exact) mass is 393 g/mol. The minimum Gasteiger partial charge on any atom is -0.379 e. The Kier molecular flexibility index (Phi) is 7.70. The van der Waals surface area contributed by atoms with E-state index in [1.165, 1.54) is 37.0 Å².